The van der Waals surface area contributed by atoms with Gasteiger partial charge in [-0.05, 0) is 61.6 Å². The van der Waals surface area contributed by atoms with Crippen molar-refractivity contribution in [2.24, 2.45) is 0 Å². The summed E-state index contributed by atoms with van der Waals surface area (Å²) < 4.78 is 5.39. The van der Waals surface area contributed by atoms with E-state index in [9.17, 15) is 9.59 Å². The third kappa shape index (κ3) is 5.29. The van der Waals surface area contributed by atoms with E-state index in [4.69, 9.17) is 17.0 Å². The smallest absolute Gasteiger partial charge is 0.257 e. The predicted octanol–water partition coefficient (Wildman–Crippen LogP) is 2.91. The summed E-state index contributed by atoms with van der Waals surface area (Å²) in [7, 11) is 3.39. The Morgan fingerprint density at radius 3 is 2.38 bits per heavy atom. The van der Waals surface area contributed by atoms with Gasteiger partial charge >= 0.3 is 0 Å². The maximum absolute atomic E-state index is 12.3. The highest BCUT2D eigenvalue weighted by molar-refractivity contribution is 7.80. The normalized spacial score (nSPS) is 9.96. The maximum atomic E-state index is 12.3. The topological polar surface area (TPSA) is 70.7 Å². The highest BCUT2D eigenvalue weighted by atomic mass is 32.1. The Balaban J connectivity index is 1.97. The molecule has 136 valence electrons. The lowest BCUT2D eigenvalue weighted by atomic mass is 10.2. The average Bonchev–Trinajstić information content (AvgIpc) is 2.62. The zero-order valence-electron chi connectivity index (χ0n) is 14.9. The van der Waals surface area contributed by atoms with Crippen LogP contribution in [0.1, 0.15) is 27.6 Å². The van der Waals surface area contributed by atoms with Crippen LogP contribution in [0.25, 0.3) is 0 Å². The number of carbonyl (C=O) groups excluding carboxylic acids is 2. The number of ether oxygens (including phenoxy) is 1. The molecule has 0 spiro atoms. The van der Waals surface area contributed by atoms with Crippen LogP contribution < -0.4 is 15.4 Å². The lowest BCUT2D eigenvalue weighted by molar-refractivity contribution is 0.0827. The number of nitrogens with one attached hydrogen (secondary N) is 2. The quantitative estimate of drug-likeness (QED) is 0.791. The summed E-state index contributed by atoms with van der Waals surface area (Å²) in [6.45, 7) is 2.40. The van der Waals surface area contributed by atoms with Gasteiger partial charge in [-0.25, -0.2) is 0 Å². The van der Waals surface area contributed by atoms with E-state index in [0.717, 1.165) is 0 Å². The maximum Gasteiger partial charge on any atom is 0.257 e. The molecule has 0 saturated heterocycles. The molecule has 26 heavy (non-hydrogen) atoms. The molecule has 2 aromatic rings. The van der Waals surface area contributed by atoms with Crippen LogP contribution in [0.15, 0.2) is 48.5 Å². The van der Waals surface area contributed by atoms with Crippen LogP contribution in [0.3, 0.4) is 0 Å². The molecule has 0 saturated carbocycles. The molecule has 0 aliphatic heterocycles. The molecule has 7 heteroatoms. The minimum absolute atomic E-state index is 0.0818. The van der Waals surface area contributed by atoms with Gasteiger partial charge in [0.25, 0.3) is 11.8 Å². The van der Waals surface area contributed by atoms with Crippen molar-refractivity contribution in [3.05, 3.63) is 59.7 Å². The second kappa shape index (κ2) is 8.96. The largest absolute Gasteiger partial charge is 0.494 e. The molecule has 2 aromatic carbocycles. The molecule has 0 fully saturated rings. The van der Waals surface area contributed by atoms with E-state index >= 15 is 0 Å². The molecule has 0 aromatic heterocycles. The van der Waals surface area contributed by atoms with Gasteiger partial charge < -0.3 is 15.0 Å². The molecule has 2 N–H and O–H groups in total. The van der Waals surface area contributed by atoms with Crippen LogP contribution in [0.5, 0.6) is 5.75 Å². The Morgan fingerprint density at radius 2 is 1.77 bits per heavy atom. The zero-order chi connectivity index (χ0) is 19.1. The van der Waals surface area contributed by atoms with E-state index in [1.807, 2.05) is 6.92 Å². The summed E-state index contributed by atoms with van der Waals surface area (Å²) in [4.78, 5) is 25.6. The lowest BCUT2D eigenvalue weighted by Crippen LogP contribution is -2.34. The third-order valence-electron chi connectivity index (χ3n) is 3.43. The zero-order valence-corrected chi connectivity index (χ0v) is 15.7. The fourth-order valence-corrected chi connectivity index (χ4v) is 2.40. The van der Waals surface area contributed by atoms with Crippen LogP contribution in [0, 0.1) is 0 Å². The number of hydrogen-bond acceptors (Lipinski definition) is 4. The van der Waals surface area contributed by atoms with Gasteiger partial charge in [0, 0.05) is 30.9 Å². The summed E-state index contributed by atoms with van der Waals surface area (Å²) in [6.07, 6.45) is 0. The first-order valence-corrected chi connectivity index (χ1v) is 8.48. The second-order valence-corrected chi connectivity index (χ2v) is 6.05. The van der Waals surface area contributed by atoms with Crippen LogP contribution in [-0.4, -0.2) is 42.5 Å². The van der Waals surface area contributed by atoms with Gasteiger partial charge in [0.05, 0.1) is 6.61 Å². The third-order valence-corrected chi connectivity index (χ3v) is 3.63. The number of rotatable bonds is 5. The highest BCUT2D eigenvalue weighted by Gasteiger charge is 2.10. The van der Waals surface area contributed by atoms with Crippen molar-refractivity contribution >= 4 is 34.8 Å². The number of thiocarbonyl (C=S) groups is 1. The lowest BCUT2D eigenvalue weighted by Gasteiger charge is -2.12. The van der Waals surface area contributed by atoms with Gasteiger partial charge in [-0.15, -0.1) is 0 Å². The first-order chi connectivity index (χ1) is 12.4. The van der Waals surface area contributed by atoms with E-state index in [0.29, 0.717) is 29.2 Å². The van der Waals surface area contributed by atoms with Gasteiger partial charge in [0.15, 0.2) is 5.11 Å². The summed E-state index contributed by atoms with van der Waals surface area (Å²) in [5.41, 5.74) is 1.70. The first kappa shape index (κ1) is 19.4. The van der Waals surface area contributed by atoms with Crippen molar-refractivity contribution in [3.63, 3.8) is 0 Å². The van der Waals surface area contributed by atoms with Crippen LogP contribution in [0.4, 0.5) is 5.69 Å². The Kier molecular flexibility index (Phi) is 6.68. The summed E-state index contributed by atoms with van der Waals surface area (Å²) in [5, 5.41) is 5.71. The number of nitrogens with zero attached hydrogens (tertiary/aromatic N) is 1. The molecule has 0 radical (unpaired) electrons. The Morgan fingerprint density at radius 1 is 1.08 bits per heavy atom. The van der Waals surface area contributed by atoms with Crippen molar-refractivity contribution in [1.82, 2.24) is 10.2 Å². The fourth-order valence-electron chi connectivity index (χ4n) is 2.19. The van der Waals surface area contributed by atoms with Crippen LogP contribution in [-0.2, 0) is 0 Å². The van der Waals surface area contributed by atoms with Crippen molar-refractivity contribution in [2.45, 2.75) is 6.92 Å². The first-order valence-electron chi connectivity index (χ1n) is 8.07. The van der Waals surface area contributed by atoms with Crippen molar-refractivity contribution in [1.29, 1.82) is 0 Å². The van der Waals surface area contributed by atoms with E-state index in [2.05, 4.69) is 10.6 Å². The second-order valence-electron chi connectivity index (χ2n) is 5.65. The summed E-state index contributed by atoms with van der Waals surface area (Å²) >= 11 is 5.17. The minimum Gasteiger partial charge on any atom is -0.494 e. The van der Waals surface area contributed by atoms with Crippen LogP contribution >= 0.6 is 12.2 Å². The SMILES string of the molecule is CCOc1cccc(C(=O)NC(=S)Nc2ccc(C(=O)N(C)C)cc2)c1. The number of benzene rings is 2. The molecule has 2 amide bonds. The fraction of sp³-hybridized carbons (Fsp3) is 0.211. The van der Waals surface area contributed by atoms with Gasteiger partial charge in [0.1, 0.15) is 5.75 Å². The van der Waals surface area contributed by atoms with Gasteiger partial charge in [-0.3, -0.25) is 14.9 Å². The van der Waals surface area contributed by atoms with Gasteiger partial charge in [-0.1, -0.05) is 6.07 Å². The van der Waals surface area contributed by atoms with Gasteiger partial charge in [0.2, 0.25) is 0 Å². The molecular weight excluding hydrogens is 350 g/mol. The molecule has 0 bridgehead atoms. The van der Waals surface area contributed by atoms with E-state index in [-0.39, 0.29) is 16.9 Å². The van der Waals surface area contributed by atoms with E-state index < -0.39 is 0 Å². The summed E-state index contributed by atoms with van der Waals surface area (Å²) in [5.74, 6) is 0.213. The van der Waals surface area contributed by atoms with Crippen LogP contribution in [0.2, 0.25) is 0 Å². The molecule has 6 nitrogen and oxygen atoms in total. The molecule has 0 aliphatic rings. The molecular formula is C19H21N3O3S. The average molecular weight is 371 g/mol. The van der Waals surface area contributed by atoms with Crippen molar-refractivity contribution < 1.29 is 14.3 Å². The molecule has 0 atom stereocenters. The number of carbonyl (C=O) groups is 2. The van der Waals surface area contributed by atoms with E-state index in [1.54, 1.807) is 62.6 Å². The molecule has 0 heterocycles. The predicted molar refractivity (Wildman–Crippen MR) is 106 cm³/mol. The molecule has 0 aliphatic carbocycles. The number of anilines is 1. The summed E-state index contributed by atoms with van der Waals surface area (Å²) in [6, 6.07) is 13.7. The molecule has 0 unspecified atom stereocenters. The van der Waals surface area contributed by atoms with Crippen molar-refractivity contribution in [2.75, 3.05) is 26.0 Å². The minimum atomic E-state index is -0.330. The van der Waals surface area contributed by atoms with Gasteiger partial charge in [-0.2, -0.15) is 0 Å². The number of amides is 2. The highest BCUT2D eigenvalue weighted by Crippen LogP contribution is 2.14. The monoisotopic (exact) mass is 371 g/mol. The number of hydrogen-bond donors (Lipinski definition) is 2. The Labute approximate surface area is 158 Å². The Bertz CT molecular complexity index is 804. The Hall–Kier alpha value is -2.93. The standard InChI is InChI=1S/C19H21N3O3S/c1-4-25-16-7-5-6-14(12-16)17(23)21-19(26)20-15-10-8-13(9-11-15)18(24)22(2)3/h5-12H,4H2,1-3H3,(H2,20,21,23,26). The van der Waals surface area contributed by atoms with E-state index in [1.165, 1.54) is 4.90 Å². The molecule has 2 rings (SSSR count). The van der Waals surface area contributed by atoms with Crippen molar-refractivity contribution in [3.8, 4) is 5.75 Å².